The summed E-state index contributed by atoms with van der Waals surface area (Å²) in [6.07, 6.45) is 0.724. The van der Waals surface area contributed by atoms with Crippen molar-refractivity contribution < 1.29 is 9.47 Å². The highest BCUT2D eigenvalue weighted by atomic mass is 35.5. The third kappa shape index (κ3) is 2.36. The van der Waals surface area contributed by atoms with Gasteiger partial charge in [0.1, 0.15) is 11.3 Å². The molecule has 0 spiro atoms. The van der Waals surface area contributed by atoms with E-state index in [4.69, 9.17) is 21.1 Å². The summed E-state index contributed by atoms with van der Waals surface area (Å²) in [7, 11) is 2.07. The molecule has 0 amide bonds. The minimum absolute atomic E-state index is 0.0746. The number of likely N-dealkylation sites (N-methyl/N-ethyl adjacent to an activating group) is 1. The van der Waals surface area contributed by atoms with Crippen molar-refractivity contribution >= 4 is 11.6 Å². The van der Waals surface area contributed by atoms with Crippen LogP contribution in [0.3, 0.4) is 0 Å². The second-order valence-electron chi connectivity index (χ2n) is 4.72. The first kappa shape index (κ1) is 12.3. The largest absolute Gasteiger partial charge is 0.376 e. The molecule has 0 radical (unpaired) electrons. The van der Waals surface area contributed by atoms with E-state index in [9.17, 15) is 0 Å². The Morgan fingerprint density at radius 3 is 3.06 bits per heavy atom. The van der Waals surface area contributed by atoms with Gasteiger partial charge in [0.25, 0.3) is 0 Å². The van der Waals surface area contributed by atoms with Crippen molar-refractivity contribution in [1.82, 2.24) is 14.9 Å². The van der Waals surface area contributed by atoms with Gasteiger partial charge in [-0.3, -0.25) is 0 Å². The summed E-state index contributed by atoms with van der Waals surface area (Å²) in [6.45, 7) is 3.68. The molecule has 1 saturated heterocycles. The first-order chi connectivity index (χ1) is 8.74. The molecule has 1 unspecified atom stereocenters. The normalized spacial score (nSPS) is 24.9. The molecule has 0 saturated carbocycles. The van der Waals surface area contributed by atoms with Crippen LogP contribution < -0.4 is 0 Å². The topological polar surface area (TPSA) is 47.5 Å². The van der Waals surface area contributed by atoms with Crippen LogP contribution in [0.1, 0.15) is 23.2 Å². The van der Waals surface area contributed by atoms with E-state index in [1.807, 2.05) is 0 Å². The van der Waals surface area contributed by atoms with Gasteiger partial charge in [0.2, 0.25) is 0 Å². The van der Waals surface area contributed by atoms with E-state index in [1.165, 1.54) is 0 Å². The van der Waals surface area contributed by atoms with Crippen LogP contribution in [0.4, 0.5) is 0 Å². The van der Waals surface area contributed by atoms with Crippen LogP contribution in [0.2, 0.25) is 5.15 Å². The van der Waals surface area contributed by atoms with Crippen molar-refractivity contribution in [1.29, 1.82) is 0 Å². The molecule has 0 aromatic carbocycles. The first-order valence-corrected chi connectivity index (χ1v) is 6.55. The molecule has 2 aliphatic rings. The lowest BCUT2D eigenvalue weighted by Crippen LogP contribution is -2.36. The summed E-state index contributed by atoms with van der Waals surface area (Å²) >= 11 is 6.20. The highest BCUT2D eigenvalue weighted by molar-refractivity contribution is 6.30. The first-order valence-electron chi connectivity index (χ1n) is 6.17. The number of ether oxygens (including phenoxy) is 2. The molecule has 1 aromatic heterocycles. The maximum Gasteiger partial charge on any atom is 0.160 e. The molecule has 5 nitrogen and oxygen atoms in total. The number of rotatable bonds is 1. The number of hydrogen-bond donors (Lipinski definition) is 0. The Balaban J connectivity index is 1.90. The summed E-state index contributed by atoms with van der Waals surface area (Å²) in [5.41, 5.74) is 1.93. The molecule has 0 bridgehead atoms. The van der Waals surface area contributed by atoms with E-state index >= 15 is 0 Å². The van der Waals surface area contributed by atoms with Gasteiger partial charge in [-0.05, 0) is 7.05 Å². The van der Waals surface area contributed by atoms with Gasteiger partial charge in [-0.1, -0.05) is 11.6 Å². The molecule has 18 heavy (non-hydrogen) atoms. The number of halogens is 1. The molecule has 2 aliphatic heterocycles. The third-order valence-corrected chi connectivity index (χ3v) is 3.66. The Kier molecular flexibility index (Phi) is 3.48. The summed E-state index contributed by atoms with van der Waals surface area (Å²) in [5.74, 6) is 0.701. The predicted octanol–water partition coefficient (Wildman–Crippen LogP) is 1.21. The van der Waals surface area contributed by atoms with Crippen LogP contribution in [0, 0.1) is 0 Å². The number of hydrogen-bond acceptors (Lipinski definition) is 5. The molecule has 3 heterocycles. The van der Waals surface area contributed by atoms with E-state index in [1.54, 1.807) is 0 Å². The van der Waals surface area contributed by atoms with Crippen molar-refractivity contribution in [2.75, 3.05) is 33.4 Å². The zero-order chi connectivity index (χ0) is 12.5. The molecular formula is C12H16ClN3O2. The standard InChI is InChI=1S/C12H16ClN3O2/c1-16-3-5-18-10(6-16)12-14-9-2-4-17-7-8(9)11(13)15-12/h10H,2-7H2,1H3. The minimum Gasteiger partial charge on any atom is -0.376 e. The number of morpholine rings is 1. The summed E-state index contributed by atoms with van der Waals surface area (Å²) in [6, 6.07) is 0. The highest BCUT2D eigenvalue weighted by Gasteiger charge is 2.25. The van der Waals surface area contributed by atoms with Crippen molar-refractivity contribution in [3.05, 3.63) is 22.2 Å². The molecule has 1 atom stereocenters. The van der Waals surface area contributed by atoms with Gasteiger partial charge in [-0.15, -0.1) is 0 Å². The maximum absolute atomic E-state index is 6.20. The number of nitrogens with zero attached hydrogens (tertiary/aromatic N) is 3. The number of aromatic nitrogens is 2. The summed E-state index contributed by atoms with van der Waals surface area (Å²) in [5, 5.41) is 0.506. The highest BCUT2D eigenvalue weighted by Crippen LogP contribution is 2.26. The fourth-order valence-electron chi connectivity index (χ4n) is 2.29. The average molecular weight is 270 g/mol. The van der Waals surface area contributed by atoms with E-state index < -0.39 is 0 Å². The van der Waals surface area contributed by atoms with Crippen LogP contribution in [0.15, 0.2) is 0 Å². The average Bonchev–Trinajstić information content (AvgIpc) is 2.39. The molecule has 98 valence electrons. The molecule has 6 heteroatoms. The fraction of sp³-hybridized carbons (Fsp3) is 0.667. The van der Waals surface area contributed by atoms with Crippen molar-refractivity contribution in [2.24, 2.45) is 0 Å². The monoisotopic (exact) mass is 269 g/mol. The Hall–Kier alpha value is -0.750. The van der Waals surface area contributed by atoms with Gasteiger partial charge in [-0.2, -0.15) is 0 Å². The SMILES string of the molecule is CN1CCOC(c2nc(Cl)c3c(n2)CCOC3)C1. The van der Waals surface area contributed by atoms with Gasteiger partial charge in [0.15, 0.2) is 5.82 Å². The van der Waals surface area contributed by atoms with Gasteiger partial charge in [-0.25, -0.2) is 9.97 Å². The van der Waals surface area contributed by atoms with Crippen LogP contribution in [-0.2, 0) is 22.5 Å². The van der Waals surface area contributed by atoms with E-state index in [0.29, 0.717) is 30.8 Å². The fourth-order valence-corrected chi connectivity index (χ4v) is 2.54. The lowest BCUT2D eigenvalue weighted by molar-refractivity contribution is -0.0258. The summed E-state index contributed by atoms with van der Waals surface area (Å²) in [4.78, 5) is 11.2. The zero-order valence-corrected chi connectivity index (χ0v) is 11.1. The van der Waals surface area contributed by atoms with Crippen molar-refractivity contribution in [3.63, 3.8) is 0 Å². The third-order valence-electron chi connectivity index (χ3n) is 3.35. The van der Waals surface area contributed by atoms with Gasteiger partial charge < -0.3 is 14.4 Å². The second kappa shape index (κ2) is 5.09. The van der Waals surface area contributed by atoms with Crippen LogP contribution >= 0.6 is 11.6 Å². The van der Waals surface area contributed by atoms with Crippen LogP contribution in [0.5, 0.6) is 0 Å². The Labute approximate surface area is 111 Å². The lowest BCUT2D eigenvalue weighted by atomic mass is 10.1. The van der Waals surface area contributed by atoms with Crippen LogP contribution in [-0.4, -0.2) is 48.2 Å². The van der Waals surface area contributed by atoms with Crippen molar-refractivity contribution in [2.45, 2.75) is 19.1 Å². The predicted molar refractivity (Wildman–Crippen MR) is 66.6 cm³/mol. The van der Waals surface area contributed by atoms with E-state index in [0.717, 1.165) is 30.8 Å². The smallest absolute Gasteiger partial charge is 0.160 e. The maximum atomic E-state index is 6.20. The quantitative estimate of drug-likeness (QED) is 0.717. The number of fused-ring (bicyclic) bond motifs is 1. The molecule has 1 aromatic rings. The van der Waals surface area contributed by atoms with E-state index in [2.05, 4.69) is 21.9 Å². The molecular weight excluding hydrogens is 254 g/mol. The van der Waals surface area contributed by atoms with Gasteiger partial charge >= 0.3 is 0 Å². The second-order valence-corrected chi connectivity index (χ2v) is 5.08. The minimum atomic E-state index is -0.0746. The lowest BCUT2D eigenvalue weighted by Gasteiger charge is -2.29. The van der Waals surface area contributed by atoms with Gasteiger partial charge in [0.05, 0.1) is 25.5 Å². The zero-order valence-electron chi connectivity index (χ0n) is 10.4. The van der Waals surface area contributed by atoms with Gasteiger partial charge in [0, 0.05) is 25.1 Å². The molecule has 0 aliphatic carbocycles. The Morgan fingerprint density at radius 1 is 1.33 bits per heavy atom. The van der Waals surface area contributed by atoms with E-state index in [-0.39, 0.29) is 6.10 Å². The van der Waals surface area contributed by atoms with Crippen molar-refractivity contribution in [3.8, 4) is 0 Å². The Morgan fingerprint density at radius 2 is 2.22 bits per heavy atom. The Bertz CT molecular complexity index is 455. The van der Waals surface area contributed by atoms with Crippen LogP contribution in [0.25, 0.3) is 0 Å². The molecule has 1 fully saturated rings. The molecule has 3 rings (SSSR count). The molecule has 0 N–H and O–H groups in total. The summed E-state index contributed by atoms with van der Waals surface area (Å²) < 4.78 is 11.1.